The largest absolute Gasteiger partial charge is 0.358 e. The molecule has 1 aliphatic rings. The van der Waals surface area contributed by atoms with Crippen LogP contribution in [0.25, 0.3) is 0 Å². The normalized spacial score (nSPS) is 18.2. The van der Waals surface area contributed by atoms with Gasteiger partial charge in [0.15, 0.2) is 0 Å². The molecule has 0 atom stereocenters. The van der Waals surface area contributed by atoms with E-state index in [9.17, 15) is 9.59 Å². The van der Waals surface area contributed by atoms with Gasteiger partial charge in [-0.25, -0.2) is 0 Å². The molecule has 1 saturated carbocycles. The van der Waals surface area contributed by atoms with E-state index >= 15 is 0 Å². The van der Waals surface area contributed by atoms with Crippen LogP contribution in [0.15, 0.2) is 0 Å². The van der Waals surface area contributed by atoms with Crippen molar-refractivity contribution < 1.29 is 9.59 Å². The Morgan fingerprint density at radius 2 is 1.77 bits per heavy atom. The number of rotatable bonds is 3. The van der Waals surface area contributed by atoms with Crippen molar-refractivity contribution in [2.75, 3.05) is 7.05 Å². The van der Waals surface area contributed by atoms with E-state index in [0.29, 0.717) is 12.8 Å². The van der Waals surface area contributed by atoms with Gasteiger partial charge in [0.2, 0.25) is 11.8 Å². The minimum absolute atomic E-state index is 0.0923. The van der Waals surface area contributed by atoms with Crippen molar-refractivity contribution in [3.63, 3.8) is 0 Å². The summed E-state index contributed by atoms with van der Waals surface area (Å²) in [5.74, 6) is -0.299. The maximum Gasteiger partial charge on any atom is 0.235 e. The monoisotopic (exact) mass is 184 g/mol. The van der Waals surface area contributed by atoms with Crippen LogP contribution in [-0.2, 0) is 9.59 Å². The van der Waals surface area contributed by atoms with Crippen molar-refractivity contribution >= 4 is 11.8 Å². The molecule has 0 spiro atoms. The molecule has 0 aromatic carbocycles. The highest BCUT2D eigenvalue weighted by molar-refractivity contribution is 6.07. The first-order valence-corrected chi connectivity index (χ1v) is 4.56. The fourth-order valence-electron chi connectivity index (χ4n) is 1.32. The Kier molecular flexibility index (Phi) is 2.59. The summed E-state index contributed by atoms with van der Waals surface area (Å²) in [6, 6.07) is 0.0923. The van der Waals surface area contributed by atoms with Crippen molar-refractivity contribution in [2.45, 2.75) is 32.7 Å². The molecule has 2 amide bonds. The first-order chi connectivity index (χ1) is 6.03. The number of nitrogens with one attached hydrogen (secondary N) is 2. The lowest BCUT2D eigenvalue weighted by Gasteiger charge is -2.15. The number of amides is 2. The average Bonchev–Trinajstić information content (AvgIpc) is 2.82. The zero-order chi connectivity index (χ0) is 10.1. The molecule has 1 rings (SSSR count). The summed E-state index contributed by atoms with van der Waals surface area (Å²) in [6.45, 7) is 3.77. The van der Waals surface area contributed by atoms with Gasteiger partial charge in [0.05, 0.1) is 0 Å². The Labute approximate surface area is 78.1 Å². The summed E-state index contributed by atoms with van der Waals surface area (Å²) in [5, 5.41) is 5.28. The first-order valence-electron chi connectivity index (χ1n) is 4.56. The van der Waals surface area contributed by atoms with Gasteiger partial charge in [0.25, 0.3) is 0 Å². The van der Waals surface area contributed by atoms with E-state index in [-0.39, 0.29) is 17.9 Å². The predicted molar refractivity (Wildman–Crippen MR) is 49.0 cm³/mol. The highest BCUT2D eigenvalue weighted by atomic mass is 16.2. The lowest BCUT2D eigenvalue weighted by Crippen LogP contribution is -2.44. The van der Waals surface area contributed by atoms with Crippen LogP contribution >= 0.6 is 0 Å². The molecule has 4 nitrogen and oxygen atoms in total. The molecule has 0 radical (unpaired) electrons. The molecule has 2 N–H and O–H groups in total. The molecule has 0 unspecified atom stereocenters. The van der Waals surface area contributed by atoms with E-state index in [0.717, 1.165) is 0 Å². The summed E-state index contributed by atoms with van der Waals surface area (Å²) >= 11 is 0. The molecule has 1 aliphatic carbocycles. The van der Waals surface area contributed by atoms with Gasteiger partial charge in [-0.15, -0.1) is 0 Å². The molecule has 0 aromatic heterocycles. The van der Waals surface area contributed by atoms with Crippen molar-refractivity contribution in [3.8, 4) is 0 Å². The minimum atomic E-state index is -0.751. The fourth-order valence-corrected chi connectivity index (χ4v) is 1.32. The van der Waals surface area contributed by atoms with Crippen molar-refractivity contribution in [1.82, 2.24) is 10.6 Å². The van der Waals surface area contributed by atoms with E-state index < -0.39 is 5.41 Å². The lowest BCUT2D eigenvalue weighted by molar-refractivity contribution is -0.137. The zero-order valence-electron chi connectivity index (χ0n) is 8.31. The SMILES string of the molecule is CNC(=O)C1(C(=O)NC(C)C)CC1. The van der Waals surface area contributed by atoms with Gasteiger partial charge in [-0.3, -0.25) is 9.59 Å². The smallest absolute Gasteiger partial charge is 0.235 e. The molecule has 4 heteroatoms. The summed E-state index contributed by atoms with van der Waals surface area (Å²) in [5.41, 5.74) is -0.751. The van der Waals surface area contributed by atoms with Gasteiger partial charge in [0, 0.05) is 13.1 Å². The summed E-state index contributed by atoms with van der Waals surface area (Å²) in [6.07, 6.45) is 1.34. The van der Waals surface area contributed by atoms with E-state index in [1.165, 1.54) is 0 Å². The van der Waals surface area contributed by atoms with Crippen LogP contribution in [0, 0.1) is 5.41 Å². The topological polar surface area (TPSA) is 58.2 Å². The Morgan fingerprint density at radius 3 is 2.08 bits per heavy atom. The summed E-state index contributed by atoms with van der Waals surface area (Å²) in [7, 11) is 1.56. The zero-order valence-corrected chi connectivity index (χ0v) is 8.31. The Morgan fingerprint density at radius 1 is 1.23 bits per heavy atom. The van der Waals surface area contributed by atoms with E-state index in [1.54, 1.807) is 7.05 Å². The van der Waals surface area contributed by atoms with E-state index in [1.807, 2.05) is 13.8 Å². The highest BCUT2D eigenvalue weighted by Gasteiger charge is 2.56. The minimum Gasteiger partial charge on any atom is -0.358 e. The number of hydrogen-bond donors (Lipinski definition) is 2. The number of hydrogen-bond acceptors (Lipinski definition) is 2. The second-order valence-electron chi connectivity index (χ2n) is 3.79. The van der Waals surface area contributed by atoms with E-state index in [2.05, 4.69) is 10.6 Å². The van der Waals surface area contributed by atoms with Crippen molar-refractivity contribution in [1.29, 1.82) is 0 Å². The second-order valence-corrected chi connectivity index (χ2v) is 3.79. The number of carbonyl (C=O) groups is 2. The van der Waals surface area contributed by atoms with Crippen LogP contribution in [-0.4, -0.2) is 24.9 Å². The third kappa shape index (κ3) is 1.82. The first kappa shape index (κ1) is 10.0. The van der Waals surface area contributed by atoms with Gasteiger partial charge in [-0.1, -0.05) is 0 Å². The molecule has 0 bridgehead atoms. The third-order valence-electron chi connectivity index (χ3n) is 2.27. The lowest BCUT2D eigenvalue weighted by atomic mass is 10.1. The molecule has 1 fully saturated rings. The highest BCUT2D eigenvalue weighted by Crippen LogP contribution is 2.46. The number of carbonyl (C=O) groups excluding carboxylic acids is 2. The van der Waals surface area contributed by atoms with Crippen molar-refractivity contribution in [2.24, 2.45) is 5.41 Å². The van der Waals surface area contributed by atoms with Gasteiger partial charge < -0.3 is 10.6 Å². The Hall–Kier alpha value is -1.06. The van der Waals surface area contributed by atoms with E-state index in [4.69, 9.17) is 0 Å². The average molecular weight is 184 g/mol. The molecule has 13 heavy (non-hydrogen) atoms. The van der Waals surface area contributed by atoms with Crippen molar-refractivity contribution in [3.05, 3.63) is 0 Å². The third-order valence-corrected chi connectivity index (χ3v) is 2.27. The van der Waals surface area contributed by atoms with Gasteiger partial charge in [-0.05, 0) is 26.7 Å². The molecule has 0 aliphatic heterocycles. The summed E-state index contributed by atoms with van der Waals surface area (Å²) in [4.78, 5) is 22.9. The molecular weight excluding hydrogens is 168 g/mol. The van der Waals surface area contributed by atoms with Crippen LogP contribution in [0.2, 0.25) is 0 Å². The Bertz CT molecular complexity index is 232. The van der Waals surface area contributed by atoms with Gasteiger partial charge in [0.1, 0.15) is 5.41 Å². The maximum absolute atomic E-state index is 11.6. The standard InChI is InChI=1S/C9H16N2O2/c1-6(2)11-8(13)9(4-5-9)7(12)10-3/h6H,4-5H2,1-3H3,(H,10,12)(H,11,13). The summed E-state index contributed by atoms with van der Waals surface area (Å²) < 4.78 is 0. The van der Waals surface area contributed by atoms with Crippen LogP contribution in [0.1, 0.15) is 26.7 Å². The molecule has 0 heterocycles. The van der Waals surface area contributed by atoms with Crippen LogP contribution in [0.5, 0.6) is 0 Å². The Balaban J connectivity index is 2.60. The van der Waals surface area contributed by atoms with Gasteiger partial charge >= 0.3 is 0 Å². The molecule has 74 valence electrons. The molecular formula is C9H16N2O2. The molecule has 0 saturated heterocycles. The van der Waals surface area contributed by atoms with Crippen LogP contribution in [0.4, 0.5) is 0 Å². The molecule has 0 aromatic rings. The predicted octanol–water partition coefficient (Wildman–Crippen LogP) is 0.0372. The maximum atomic E-state index is 11.6. The second kappa shape index (κ2) is 3.36. The van der Waals surface area contributed by atoms with Crippen LogP contribution < -0.4 is 10.6 Å². The quantitative estimate of drug-likeness (QED) is 0.608. The van der Waals surface area contributed by atoms with Crippen LogP contribution in [0.3, 0.4) is 0 Å². The fraction of sp³-hybridized carbons (Fsp3) is 0.778. The van der Waals surface area contributed by atoms with Gasteiger partial charge in [-0.2, -0.15) is 0 Å².